The number of anilines is 2. The second-order valence-electron chi connectivity index (χ2n) is 6.96. The van der Waals surface area contributed by atoms with Crippen LogP contribution in [0.15, 0.2) is 42.7 Å². The number of likely N-dealkylation sites (tertiary alicyclic amines) is 1. The minimum Gasteiger partial charge on any atom is -0.340 e. The summed E-state index contributed by atoms with van der Waals surface area (Å²) in [5.74, 6) is 0.702. The minimum atomic E-state index is 0.114. The third-order valence-corrected chi connectivity index (χ3v) is 5.11. The van der Waals surface area contributed by atoms with Crippen molar-refractivity contribution in [3.63, 3.8) is 0 Å². The molecular formula is C20H23N3O. The summed E-state index contributed by atoms with van der Waals surface area (Å²) in [5.41, 5.74) is 4.30. The number of hydrogen-bond donors (Lipinski definition) is 0. The van der Waals surface area contributed by atoms with Gasteiger partial charge in [-0.3, -0.25) is 9.78 Å². The van der Waals surface area contributed by atoms with Gasteiger partial charge in [-0.05, 0) is 42.9 Å². The average Bonchev–Trinajstić information content (AvgIpc) is 3.05. The van der Waals surface area contributed by atoms with E-state index in [1.165, 1.54) is 17.7 Å². The first-order valence-corrected chi connectivity index (χ1v) is 8.82. The first-order chi connectivity index (χ1) is 11.7. The number of amides is 1. The van der Waals surface area contributed by atoms with Crippen LogP contribution in [0.25, 0.3) is 0 Å². The predicted octanol–water partition coefficient (Wildman–Crippen LogP) is 3.65. The summed E-state index contributed by atoms with van der Waals surface area (Å²) >= 11 is 0. The number of carbonyl (C=O) groups excluding carboxylic acids is 1. The number of para-hydroxylation sites is 1. The molecule has 1 atom stereocenters. The summed E-state index contributed by atoms with van der Waals surface area (Å²) in [6, 6.07) is 10.5. The molecule has 1 unspecified atom stereocenters. The fourth-order valence-corrected chi connectivity index (χ4v) is 3.86. The Balaban J connectivity index is 1.59. The van der Waals surface area contributed by atoms with Gasteiger partial charge in [0.25, 0.3) is 5.91 Å². The lowest BCUT2D eigenvalue weighted by atomic mass is 10.00. The topological polar surface area (TPSA) is 36.4 Å². The molecule has 4 nitrogen and oxygen atoms in total. The molecule has 0 radical (unpaired) electrons. The van der Waals surface area contributed by atoms with Crippen molar-refractivity contribution in [3.05, 3.63) is 53.9 Å². The van der Waals surface area contributed by atoms with E-state index in [-0.39, 0.29) is 5.91 Å². The number of nitrogens with zero attached hydrogens (tertiary/aromatic N) is 3. The lowest BCUT2D eigenvalue weighted by Gasteiger charge is -2.31. The highest BCUT2D eigenvalue weighted by Crippen LogP contribution is 2.34. The monoisotopic (exact) mass is 321 g/mol. The van der Waals surface area contributed by atoms with Gasteiger partial charge in [-0.2, -0.15) is 0 Å². The predicted molar refractivity (Wildman–Crippen MR) is 95.7 cm³/mol. The molecule has 124 valence electrons. The molecule has 0 N–H and O–H groups in total. The highest BCUT2D eigenvalue weighted by Gasteiger charge is 2.24. The Labute approximate surface area is 143 Å². The number of aromatic nitrogens is 1. The fourth-order valence-electron chi connectivity index (χ4n) is 3.86. The number of pyridine rings is 1. The van der Waals surface area contributed by atoms with E-state index in [0.29, 0.717) is 11.5 Å². The SMILES string of the molecule is CC1CCCN(C(=O)c2cncc(N3CCc4ccccc43)c2)C1. The molecule has 1 fully saturated rings. The summed E-state index contributed by atoms with van der Waals surface area (Å²) in [6.07, 6.45) is 6.91. The standard InChI is InChI=1S/C20H23N3O/c1-15-5-4-9-22(14-15)20(24)17-11-18(13-21-12-17)23-10-8-16-6-2-3-7-19(16)23/h2-3,6-7,11-13,15H,4-5,8-10,14H2,1H3. The molecule has 24 heavy (non-hydrogen) atoms. The van der Waals surface area contributed by atoms with Crippen LogP contribution in [-0.2, 0) is 6.42 Å². The molecule has 0 saturated carbocycles. The Hall–Kier alpha value is -2.36. The number of fused-ring (bicyclic) bond motifs is 1. The van der Waals surface area contributed by atoms with Crippen molar-refractivity contribution in [1.29, 1.82) is 0 Å². The van der Waals surface area contributed by atoms with Crippen molar-refractivity contribution in [2.24, 2.45) is 5.92 Å². The van der Waals surface area contributed by atoms with E-state index in [0.717, 1.165) is 38.2 Å². The van der Waals surface area contributed by atoms with Crippen LogP contribution in [0.4, 0.5) is 11.4 Å². The maximum atomic E-state index is 12.8. The molecule has 0 bridgehead atoms. The molecule has 0 aliphatic carbocycles. The molecule has 1 saturated heterocycles. The van der Waals surface area contributed by atoms with Crippen molar-refractivity contribution in [2.75, 3.05) is 24.5 Å². The van der Waals surface area contributed by atoms with Gasteiger partial charge in [0.1, 0.15) is 0 Å². The van der Waals surface area contributed by atoms with E-state index < -0.39 is 0 Å². The molecule has 2 aliphatic rings. The summed E-state index contributed by atoms with van der Waals surface area (Å²) in [5, 5.41) is 0. The van der Waals surface area contributed by atoms with Gasteiger partial charge in [0.05, 0.1) is 17.4 Å². The third-order valence-electron chi connectivity index (χ3n) is 5.11. The van der Waals surface area contributed by atoms with E-state index >= 15 is 0 Å². The van der Waals surface area contributed by atoms with Gasteiger partial charge in [0.2, 0.25) is 0 Å². The quantitative estimate of drug-likeness (QED) is 0.847. The van der Waals surface area contributed by atoms with Crippen molar-refractivity contribution in [3.8, 4) is 0 Å². The van der Waals surface area contributed by atoms with Crippen LogP contribution in [-0.4, -0.2) is 35.4 Å². The number of rotatable bonds is 2. The molecule has 2 aliphatic heterocycles. The number of hydrogen-bond acceptors (Lipinski definition) is 3. The molecule has 0 spiro atoms. The van der Waals surface area contributed by atoms with Gasteiger partial charge >= 0.3 is 0 Å². The van der Waals surface area contributed by atoms with E-state index in [4.69, 9.17) is 0 Å². The van der Waals surface area contributed by atoms with Gasteiger partial charge in [-0.25, -0.2) is 0 Å². The van der Waals surface area contributed by atoms with Crippen molar-refractivity contribution < 1.29 is 4.79 Å². The van der Waals surface area contributed by atoms with E-state index in [2.05, 4.69) is 41.1 Å². The summed E-state index contributed by atoms with van der Waals surface area (Å²) in [7, 11) is 0. The second kappa shape index (κ2) is 6.27. The van der Waals surface area contributed by atoms with Crippen LogP contribution in [0.3, 0.4) is 0 Å². The van der Waals surface area contributed by atoms with Crippen molar-refractivity contribution in [1.82, 2.24) is 9.88 Å². The smallest absolute Gasteiger partial charge is 0.255 e. The Kier molecular flexibility index (Phi) is 3.97. The second-order valence-corrected chi connectivity index (χ2v) is 6.96. The van der Waals surface area contributed by atoms with Crippen LogP contribution < -0.4 is 4.90 Å². The molecule has 4 heteroatoms. The zero-order valence-corrected chi connectivity index (χ0v) is 14.1. The molecule has 2 aromatic rings. The zero-order chi connectivity index (χ0) is 16.5. The molecule has 3 heterocycles. The van der Waals surface area contributed by atoms with Gasteiger partial charge in [0.15, 0.2) is 0 Å². The van der Waals surface area contributed by atoms with E-state index in [1.54, 1.807) is 6.20 Å². The molecule has 1 aromatic heterocycles. The summed E-state index contributed by atoms with van der Waals surface area (Å²) in [6.45, 7) is 4.88. The number of benzene rings is 1. The van der Waals surface area contributed by atoms with Crippen molar-refractivity contribution >= 4 is 17.3 Å². The van der Waals surface area contributed by atoms with Gasteiger partial charge in [-0.1, -0.05) is 25.1 Å². The van der Waals surface area contributed by atoms with Gasteiger partial charge < -0.3 is 9.80 Å². The largest absolute Gasteiger partial charge is 0.340 e. The molecule has 1 aromatic carbocycles. The molecule has 1 amide bonds. The first kappa shape index (κ1) is 15.2. The number of carbonyl (C=O) groups is 1. The summed E-state index contributed by atoms with van der Waals surface area (Å²) in [4.78, 5) is 21.4. The fraction of sp³-hybridized carbons (Fsp3) is 0.400. The van der Waals surface area contributed by atoms with E-state index in [9.17, 15) is 4.79 Å². The average molecular weight is 321 g/mol. The van der Waals surface area contributed by atoms with Crippen LogP contribution in [0.2, 0.25) is 0 Å². The normalized spacial score (nSPS) is 20.1. The highest BCUT2D eigenvalue weighted by molar-refractivity contribution is 5.95. The zero-order valence-electron chi connectivity index (χ0n) is 14.1. The Morgan fingerprint density at radius 1 is 1.21 bits per heavy atom. The molecule has 4 rings (SSSR count). The minimum absolute atomic E-state index is 0.114. The number of piperidine rings is 1. The maximum absolute atomic E-state index is 12.8. The van der Waals surface area contributed by atoms with Crippen LogP contribution in [0, 0.1) is 5.92 Å². The maximum Gasteiger partial charge on any atom is 0.255 e. The Morgan fingerprint density at radius 2 is 2.08 bits per heavy atom. The Bertz CT molecular complexity index is 758. The third kappa shape index (κ3) is 2.77. The van der Waals surface area contributed by atoms with E-state index in [1.807, 2.05) is 17.2 Å². The summed E-state index contributed by atoms with van der Waals surface area (Å²) < 4.78 is 0. The lowest BCUT2D eigenvalue weighted by Crippen LogP contribution is -2.39. The van der Waals surface area contributed by atoms with Crippen LogP contribution >= 0.6 is 0 Å². The molecular weight excluding hydrogens is 298 g/mol. The van der Waals surface area contributed by atoms with Crippen LogP contribution in [0.1, 0.15) is 35.7 Å². The Morgan fingerprint density at radius 3 is 2.96 bits per heavy atom. The van der Waals surface area contributed by atoms with Crippen molar-refractivity contribution in [2.45, 2.75) is 26.2 Å². The van der Waals surface area contributed by atoms with Gasteiger partial charge in [-0.15, -0.1) is 0 Å². The highest BCUT2D eigenvalue weighted by atomic mass is 16.2. The first-order valence-electron chi connectivity index (χ1n) is 8.82. The van der Waals surface area contributed by atoms with Crippen LogP contribution in [0.5, 0.6) is 0 Å². The van der Waals surface area contributed by atoms with Gasteiger partial charge in [0, 0.05) is 31.5 Å². The lowest BCUT2D eigenvalue weighted by molar-refractivity contribution is 0.0682.